The van der Waals surface area contributed by atoms with Gasteiger partial charge in [-0.25, -0.2) is 8.42 Å². The Morgan fingerprint density at radius 2 is 1.93 bits per heavy atom. The molecule has 14 heavy (non-hydrogen) atoms. The summed E-state index contributed by atoms with van der Waals surface area (Å²) in [6.07, 6.45) is 1.79. The number of aliphatic carboxylic acids is 1. The molecule has 0 aliphatic carbocycles. The van der Waals surface area contributed by atoms with Gasteiger partial charge in [0, 0.05) is 5.75 Å². The van der Waals surface area contributed by atoms with E-state index in [1.54, 1.807) is 20.1 Å². The molecule has 0 saturated carbocycles. The lowest BCUT2D eigenvalue weighted by Gasteiger charge is -2.16. The molecule has 6 heteroatoms. The predicted octanol–water partition coefficient (Wildman–Crippen LogP) is 0.873. The van der Waals surface area contributed by atoms with Crippen LogP contribution in [0, 0.1) is 5.92 Å². The minimum absolute atomic E-state index is 0.0662. The highest BCUT2D eigenvalue weighted by atomic mass is 32.2. The maximum absolute atomic E-state index is 11.6. The van der Waals surface area contributed by atoms with Gasteiger partial charge in [0.1, 0.15) is 0 Å². The average Bonchev–Trinajstić information content (AvgIpc) is 1.98. The van der Waals surface area contributed by atoms with E-state index >= 15 is 0 Å². The van der Waals surface area contributed by atoms with Gasteiger partial charge in [0.2, 0.25) is 0 Å². The van der Waals surface area contributed by atoms with Crippen LogP contribution in [-0.4, -0.2) is 42.5 Å². The predicted molar refractivity (Wildman–Crippen MR) is 58.4 cm³/mol. The lowest BCUT2D eigenvalue weighted by Crippen LogP contribution is -2.37. The minimum Gasteiger partial charge on any atom is -0.480 e. The fraction of sp³-hybridized carbons (Fsp3) is 0.875. The summed E-state index contributed by atoms with van der Waals surface area (Å²) in [5.74, 6) is -1.26. The molecule has 0 aromatic rings. The van der Waals surface area contributed by atoms with E-state index in [0.717, 1.165) is 0 Å². The molecule has 1 unspecified atom stereocenters. The normalized spacial score (nSPS) is 14.3. The number of carbonyl (C=O) groups is 1. The standard InChI is InChI=1S/C8H16O4S2/c1-6(2)7(8(9)10)14(11,12)5-4-13-3/h6-7H,4-5H2,1-3H3,(H,9,10). The van der Waals surface area contributed by atoms with Gasteiger partial charge in [-0.3, -0.25) is 4.79 Å². The van der Waals surface area contributed by atoms with E-state index in [2.05, 4.69) is 0 Å². The van der Waals surface area contributed by atoms with Crippen LogP contribution in [0.1, 0.15) is 13.8 Å². The second-order valence-corrected chi connectivity index (χ2v) is 6.59. The first-order chi connectivity index (χ1) is 6.33. The Bertz CT molecular complexity index is 282. The van der Waals surface area contributed by atoms with E-state index in [1.807, 2.05) is 0 Å². The van der Waals surface area contributed by atoms with Crippen LogP contribution in [0.15, 0.2) is 0 Å². The van der Waals surface area contributed by atoms with Gasteiger partial charge >= 0.3 is 5.97 Å². The van der Waals surface area contributed by atoms with Crippen molar-refractivity contribution in [1.29, 1.82) is 0 Å². The molecule has 84 valence electrons. The zero-order valence-electron chi connectivity index (χ0n) is 8.56. The summed E-state index contributed by atoms with van der Waals surface area (Å²) >= 11 is 1.40. The Hall–Kier alpha value is -0.230. The quantitative estimate of drug-likeness (QED) is 0.746. The van der Waals surface area contributed by atoms with Gasteiger partial charge in [-0.05, 0) is 12.2 Å². The van der Waals surface area contributed by atoms with Crippen LogP contribution in [0.5, 0.6) is 0 Å². The van der Waals surface area contributed by atoms with Crippen molar-refractivity contribution >= 4 is 27.6 Å². The summed E-state index contributed by atoms with van der Waals surface area (Å²) < 4.78 is 23.2. The molecule has 0 amide bonds. The van der Waals surface area contributed by atoms with Gasteiger partial charge in [0.25, 0.3) is 0 Å². The van der Waals surface area contributed by atoms with Gasteiger partial charge in [0.05, 0.1) is 5.75 Å². The summed E-state index contributed by atoms with van der Waals surface area (Å²) in [6, 6.07) is 0. The summed E-state index contributed by atoms with van der Waals surface area (Å²) in [6.45, 7) is 3.21. The molecule has 0 rings (SSSR count). The van der Waals surface area contributed by atoms with Crippen molar-refractivity contribution in [3.63, 3.8) is 0 Å². The van der Waals surface area contributed by atoms with Gasteiger partial charge < -0.3 is 5.11 Å². The SMILES string of the molecule is CSCCS(=O)(=O)C(C(=O)O)C(C)C. The highest BCUT2D eigenvalue weighted by Gasteiger charge is 2.34. The molecule has 0 aromatic heterocycles. The van der Waals surface area contributed by atoms with Crippen molar-refractivity contribution in [3.8, 4) is 0 Å². The maximum atomic E-state index is 11.6. The van der Waals surface area contributed by atoms with E-state index in [1.165, 1.54) is 11.8 Å². The second kappa shape index (κ2) is 5.60. The third-order valence-corrected chi connectivity index (χ3v) is 4.97. The second-order valence-electron chi connectivity index (χ2n) is 3.36. The maximum Gasteiger partial charge on any atom is 0.322 e. The topological polar surface area (TPSA) is 71.4 Å². The summed E-state index contributed by atoms with van der Waals surface area (Å²) in [4.78, 5) is 10.8. The molecular weight excluding hydrogens is 224 g/mol. The first-order valence-corrected chi connectivity index (χ1v) is 7.37. The Balaban J connectivity index is 4.74. The Labute approximate surface area is 89.0 Å². The average molecular weight is 240 g/mol. The highest BCUT2D eigenvalue weighted by molar-refractivity contribution is 8.00. The molecule has 1 N–H and O–H groups in total. The minimum atomic E-state index is -3.50. The Morgan fingerprint density at radius 1 is 1.43 bits per heavy atom. The smallest absolute Gasteiger partial charge is 0.322 e. The van der Waals surface area contributed by atoms with Crippen molar-refractivity contribution in [3.05, 3.63) is 0 Å². The largest absolute Gasteiger partial charge is 0.480 e. The Kier molecular flexibility index (Phi) is 5.51. The van der Waals surface area contributed by atoms with Crippen LogP contribution in [0.2, 0.25) is 0 Å². The van der Waals surface area contributed by atoms with Crippen molar-refractivity contribution in [1.82, 2.24) is 0 Å². The number of hydrogen-bond donors (Lipinski definition) is 1. The molecule has 0 aliphatic heterocycles. The van der Waals surface area contributed by atoms with Crippen LogP contribution in [-0.2, 0) is 14.6 Å². The van der Waals surface area contributed by atoms with E-state index in [9.17, 15) is 13.2 Å². The van der Waals surface area contributed by atoms with Gasteiger partial charge in [-0.15, -0.1) is 0 Å². The molecule has 0 fully saturated rings. The van der Waals surface area contributed by atoms with Crippen molar-refractivity contribution in [2.75, 3.05) is 17.8 Å². The van der Waals surface area contributed by atoms with Crippen LogP contribution in [0.3, 0.4) is 0 Å². The molecule has 1 atom stereocenters. The summed E-state index contributed by atoms with van der Waals surface area (Å²) in [5, 5.41) is 7.52. The van der Waals surface area contributed by atoms with Gasteiger partial charge in [-0.1, -0.05) is 13.8 Å². The molecule has 0 aliphatic rings. The van der Waals surface area contributed by atoms with Gasteiger partial charge in [0.15, 0.2) is 15.1 Å². The summed E-state index contributed by atoms with van der Waals surface area (Å²) in [5.41, 5.74) is 0. The zero-order valence-corrected chi connectivity index (χ0v) is 10.2. The van der Waals surface area contributed by atoms with Crippen LogP contribution < -0.4 is 0 Å². The molecule has 0 spiro atoms. The van der Waals surface area contributed by atoms with E-state index in [0.29, 0.717) is 5.75 Å². The summed E-state index contributed by atoms with van der Waals surface area (Å²) in [7, 11) is -3.50. The third kappa shape index (κ3) is 3.88. The third-order valence-electron chi connectivity index (χ3n) is 1.81. The van der Waals surface area contributed by atoms with Crippen molar-refractivity contribution < 1.29 is 18.3 Å². The van der Waals surface area contributed by atoms with E-state index in [4.69, 9.17) is 5.11 Å². The lowest BCUT2D eigenvalue weighted by atomic mass is 10.1. The number of carboxylic acids is 1. The molecule has 0 bridgehead atoms. The van der Waals surface area contributed by atoms with E-state index < -0.39 is 21.1 Å². The Morgan fingerprint density at radius 3 is 2.21 bits per heavy atom. The highest BCUT2D eigenvalue weighted by Crippen LogP contribution is 2.14. The molecule has 4 nitrogen and oxygen atoms in total. The van der Waals surface area contributed by atoms with Crippen molar-refractivity contribution in [2.45, 2.75) is 19.1 Å². The van der Waals surface area contributed by atoms with Crippen LogP contribution >= 0.6 is 11.8 Å². The number of carboxylic acid groups (broad SMARTS) is 1. The fourth-order valence-electron chi connectivity index (χ4n) is 1.18. The molecule has 0 saturated heterocycles. The molecule has 0 heterocycles. The number of rotatable bonds is 6. The van der Waals surface area contributed by atoms with Crippen LogP contribution in [0.25, 0.3) is 0 Å². The number of thioether (sulfide) groups is 1. The van der Waals surface area contributed by atoms with Gasteiger partial charge in [-0.2, -0.15) is 11.8 Å². The molecular formula is C8H16O4S2. The molecule has 0 radical (unpaired) electrons. The van der Waals surface area contributed by atoms with Crippen molar-refractivity contribution in [2.24, 2.45) is 5.92 Å². The molecule has 0 aromatic carbocycles. The number of sulfone groups is 1. The first kappa shape index (κ1) is 13.8. The first-order valence-electron chi connectivity index (χ1n) is 4.26. The van der Waals surface area contributed by atoms with Crippen LogP contribution in [0.4, 0.5) is 0 Å². The number of hydrogen-bond acceptors (Lipinski definition) is 4. The monoisotopic (exact) mass is 240 g/mol. The lowest BCUT2D eigenvalue weighted by molar-refractivity contribution is -0.137. The van der Waals surface area contributed by atoms with E-state index in [-0.39, 0.29) is 11.7 Å². The zero-order chi connectivity index (χ0) is 11.4. The fourth-order valence-corrected chi connectivity index (χ4v) is 4.17.